The van der Waals surface area contributed by atoms with Gasteiger partial charge in [-0.15, -0.1) is 0 Å². The summed E-state index contributed by atoms with van der Waals surface area (Å²) in [6, 6.07) is 62.6. The van der Waals surface area contributed by atoms with Crippen molar-refractivity contribution in [3.05, 3.63) is 187 Å². The molecular formula is C53H35N3O. The van der Waals surface area contributed by atoms with Crippen LogP contribution in [-0.2, 0) is 5.41 Å². The lowest BCUT2D eigenvalue weighted by Crippen LogP contribution is -2.25. The normalized spacial score (nSPS) is 13.4. The maximum absolute atomic E-state index is 7.14. The van der Waals surface area contributed by atoms with Crippen molar-refractivity contribution in [3.63, 3.8) is 0 Å². The van der Waals surface area contributed by atoms with Crippen LogP contribution in [0.5, 0.6) is 11.5 Å². The number of benzene rings is 9. The number of hydrogen-bond donors (Lipinski definition) is 0. The van der Waals surface area contributed by atoms with Crippen molar-refractivity contribution in [1.29, 1.82) is 0 Å². The second kappa shape index (κ2) is 11.8. The Kier molecular flexibility index (Phi) is 6.65. The molecule has 0 fully saturated rings. The van der Waals surface area contributed by atoms with Crippen LogP contribution >= 0.6 is 0 Å². The lowest BCUT2D eigenvalue weighted by Gasteiger charge is -2.36. The summed E-state index contributed by atoms with van der Waals surface area (Å²) in [6.45, 7) is 4.64. The topological polar surface area (TPSA) is 39.9 Å². The zero-order chi connectivity index (χ0) is 37.8. The molecule has 11 aromatic rings. The number of rotatable bonds is 3. The van der Waals surface area contributed by atoms with Crippen molar-refractivity contribution in [2.45, 2.75) is 19.3 Å². The zero-order valence-corrected chi connectivity index (χ0v) is 31.5. The van der Waals surface area contributed by atoms with Gasteiger partial charge < -0.3 is 4.74 Å². The molecule has 3 heterocycles. The van der Waals surface area contributed by atoms with Gasteiger partial charge in [0, 0.05) is 43.7 Å². The fourth-order valence-corrected chi connectivity index (χ4v) is 9.68. The van der Waals surface area contributed by atoms with E-state index in [0.717, 1.165) is 77.4 Å². The summed E-state index contributed by atoms with van der Waals surface area (Å²) in [5.74, 6) is 2.33. The van der Waals surface area contributed by atoms with Gasteiger partial charge in [0.25, 0.3) is 0 Å². The third-order valence-electron chi connectivity index (χ3n) is 12.2. The van der Waals surface area contributed by atoms with Gasteiger partial charge in [0.2, 0.25) is 5.95 Å². The maximum atomic E-state index is 7.14. The number of ether oxygens (including phenoxy) is 1. The monoisotopic (exact) mass is 729 g/mol. The van der Waals surface area contributed by atoms with E-state index >= 15 is 0 Å². The van der Waals surface area contributed by atoms with Gasteiger partial charge in [0.15, 0.2) is 5.75 Å². The molecule has 0 bridgehead atoms. The van der Waals surface area contributed by atoms with E-state index in [1.165, 1.54) is 32.7 Å². The van der Waals surface area contributed by atoms with E-state index in [2.05, 4.69) is 194 Å². The molecular weight excluding hydrogens is 695 g/mol. The van der Waals surface area contributed by atoms with Crippen LogP contribution in [0.25, 0.3) is 93.4 Å². The first-order valence-electron chi connectivity index (χ1n) is 19.6. The van der Waals surface area contributed by atoms with E-state index in [0.29, 0.717) is 5.95 Å². The first-order valence-corrected chi connectivity index (χ1v) is 19.6. The first-order chi connectivity index (χ1) is 28.1. The third-order valence-corrected chi connectivity index (χ3v) is 12.2. The molecule has 0 amide bonds. The molecule has 2 aromatic heterocycles. The Hall–Kier alpha value is -7.30. The standard InChI is InChI=1S/C53H35N3O/c1-53(2)42-28-13-15-30-44(42)57-51-47(53)39-25-10-9-24-38(39)45-41-27-12-14-29-43(41)56(50(45)51)52-54-48(34-20-16-19-33(31-34)32-17-4-3-5-18-32)46-37-23-8-6-21-35(37)36-22-7-11-26-40(36)49(46)55-52/h3-31H,1-2H3. The molecule has 57 heavy (non-hydrogen) atoms. The molecule has 0 radical (unpaired) electrons. The van der Waals surface area contributed by atoms with Crippen LogP contribution in [0, 0.1) is 0 Å². The molecule has 0 saturated carbocycles. The highest BCUT2D eigenvalue weighted by Crippen LogP contribution is 2.55. The minimum atomic E-state index is -0.346. The van der Waals surface area contributed by atoms with Crippen LogP contribution in [-0.4, -0.2) is 14.5 Å². The van der Waals surface area contributed by atoms with Crippen LogP contribution < -0.4 is 4.74 Å². The van der Waals surface area contributed by atoms with Crippen molar-refractivity contribution in [1.82, 2.24) is 14.5 Å². The Morgan fingerprint density at radius 2 is 1.05 bits per heavy atom. The molecule has 1 aliphatic rings. The Morgan fingerprint density at radius 3 is 1.84 bits per heavy atom. The molecule has 0 N–H and O–H groups in total. The van der Waals surface area contributed by atoms with E-state index < -0.39 is 0 Å². The number of aromatic nitrogens is 3. The molecule has 12 rings (SSSR count). The minimum Gasteiger partial charge on any atom is -0.454 e. The predicted octanol–water partition coefficient (Wildman–Crippen LogP) is 14.0. The summed E-state index contributed by atoms with van der Waals surface area (Å²) in [4.78, 5) is 11.4. The summed E-state index contributed by atoms with van der Waals surface area (Å²) >= 11 is 0. The van der Waals surface area contributed by atoms with E-state index in [-0.39, 0.29) is 5.41 Å². The number of fused-ring (bicyclic) bond motifs is 15. The van der Waals surface area contributed by atoms with Gasteiger partial charge in [-0.2, -0.15) is 0 Å². The van der Waals surface area contributed by atoms with Gasteiger partial charge in [0.1, 0.15) is 11.3 Å². The van der Waals surface area contributed by atoms with Crippen LogP contribution in [0.2, 0.25) is 0 Å². The fraction of sp³-hybridized carbons (Fsp3) is 0.0566. The molecule has 268 valence electrons. The van der Waals surface area contributed by atoms with Crippen molar-refractivity contribution < 1.29 is 4.74 Å². The van der Waals surface area contributed by atoms with Crippen molar-refractivity contribution >= 4 is 65.0 Å². The molecule has 0 atom stereocenters. The molecule has 0 spiro atoms. The molecule has 1 aliphatic heterocycles. The Balaban J connectivity index is 1.28. The van der Waals surface area contributed by atoms with Crippen molar-refractivity contribution in [3.8, 4) is 39.8 Å². The number of nitrogens with zero attached hydrogens (tertiary/aromatic N) is 3. The summed E-state index contributed by atoms with van der Waals surface area (Å²) in [6.07, 6.45) is 0. The van der Waals surface area contributed by atoms with Gasteiger partial charge in [-0.05, 0) is 56.3 Å². The molecule has 4 nitrogen and oxygen atoms in total. The largest absolute Gasteiger partial charge is 0.454 e. The van der Waals surface area contributed by atoms with Crippen LogP contribution in [0.15, 0.2) is 176 Å². The van der Waals surface area contributed by atoms with E-state index in [4.69, 9.17) is 14.7 Å². The average Bonchev–Trinajstić information content (AvgIpc) is 3.62. The summed E-state index contributed by atoms with van der Waals surface area (Å²) in [5, 5.41) is 10.3. The lowest BCUT2D eigenvalue weighted by molar-refractivity contribution is 0.424. The minimum absolute atomic E-state index is 0.346. The quantitative estimate of drug-likeness (QED) is 0.170. The highest BCUT2D eigenvalue weighted by atomic mass is 16.5. The second-order valence-corrected chi connectivity index (χ2v) is 15.7. The molecule has 0 aliphatic carbocycles. The van der Waals surface area contributed by atoms with Gasteiger partial charge in [0.05, 0.1) is 16.7 Å². The van der Waals surface area contributed by atoms with Gasteiger partial charge in [-0.3, -0.25) is 4.57 Å². The zero-order valence-electron chi connectivity index (χ0n) is 31.5. The van der Waals surface area contributed by atoms with Gasteiger partial charge >= 0.3 is 0 Å². The van der Waals surface area contributed by atoms with Crippen LogP contribution in [0.3, 0.4) is 0 Å². The maximum Gasteiger partial charge on any atom is 0.235 e. The predicted molar refractivity (Wildman–Crippen MR) is 236 cm³/mol. The number of para-hydroxylation sites is 2. The van der Waals surface area contributed by atoms with Gasteiger partial charge in [-0.1, -0.05) is 172 Å². The Labute approximate surface area is 329 Å². The van der Waals surface area contributed by atoms with E-state index in [1.54, 1.807) is 0 Å². The molecule has 4 heteroatoms. The lowest BCUT2D eigenvalue weighted by atomic mass is 9.73. The molecule has 0 saturated heterocycles. The highest BCUT2D eigenvalue weighted by Gasteiger charge is 2.39. The average molecular weight is 730 g/mol. The molecule has 0 unspecified atom stereocenters. The first kappa shape index (κ1) is 32.0. The van der Waals surface area contributed by atoms with Crippen molar-refractivity contribution in [2.75, 3.05) is 0 Å². The third kappa shape index (κ3) is 4.50. The van der Waals surface area contributed by atoms with E-state index in [1.807, 2.05) is 0 Å². The molecule has 9 aromatic carbocycles. The Morgan fingerprint density at radius 1 is 0.474 bits per heavy atom. The highest BCUT2D eigenvalue weighted by molar-refractivity contribution is 6.28. The smallest absolute Gasteiger partial charge is 0.235 e. The summed E-state index contributed by atoms with van der Waals surface area (Å²) in [5.41, 5.74) is 9.13. The van der Waals surface area contributed by atoms with Crippen LogP contribution in [0.4, 0.5) is 0 Å². The fourth-order valence-electron chi connectivity index (χ4n) is 9.68. The van der Waals surface area contributed by atoms with Crippen molar-refractivity contribution in [2.24, 2.45) is 0 Å². The van der Waals surface area contributed by atoms with Crippen LogP contribution in [0.1, 0.15) is 25.0 Å². The second-order valence-electron chi connectivity index (χ2n) is 15.7. The summed E-state index contributed by atoms with van der Waals surface area (Å²) in [7, 11) is 0. The Bertz CT molecular complexity index is 3470. The number of hydrogen-bond acceptors (Lipinski definition) is 3. The SMILES string of the molecule is CC1(C)c2ccccc2Oc2c1c1ccccc1c1c3ccccc3n(-c3nc(-c4cccc(-c5ccccc5)c4)c4c5ccccc5c5ccccc5c4n3)c21. The van der Waals surface area contributed by atoms with E-state index in [9.17, 15) is 0 Å². The van der Waals surface area contributed by atoms with Gasteiger partial charge in [-0.25, -0.2) is 9.97 Å². The summed E-state index contributed by atoms with van der Waals surface area (Å²) < 4.78 is 9.42.